The minimum Gasteiger partial charge on any atom is -0.382 e. The number of nitrogens with two attached hydrogens (primary N) is 1. The molecule has 0 aromatic carbocycles. The molecule has 0 radical (unpaired) electrons. The summed E-state index contributed by atoms with van der Waals surface area (Å²) < 4.78 is 29.5. The smallest absolute Gasteiger partial charge is 0.184 e. The number of rotatable bonds is 7. The SMILES string of the molecule is CCS(=O)(=O)c1c(N)nsc1NCCCn1ccnn1. The van der Waals surface area contributed by atoms with Crippen LogP contribution in [0.1, 0.15) is 13.3 Å². The summed E-state index contributed by atoms with van der Waals surface area (Å²) in [7, 11) is -3.36. The van der Waals surface area contributed by atoms with Crippen molar-refractivity contribution < 1.29 is 8.42 Å². The van der Waals surface area contributed by atoms with Crippen molar-refractivity contribution in [2.75, 3.05) is 23.3 Å². The maximum absolute atomic E-state index is 11.9. The van der Waals surface area contributed by atoms with Crippen LogP contribution in [0.3, 0.4) is 0 Å². The van der Waals surface area contributed by atoms with Crippen molar-refractivity contribution in [2.24, 2.45) is 0 Å². The van der Waals surface area contributed by atoms with E-state index in [9.17, 15) is 8.42 Å². The zero-order chi connectivity index (χ0) is 14.6. The fourth-order valence-corrected chi connectivity index (χ4v) is 3.84. The number of nitrogens with zero attached hydrogens (tertiary/aromatic N) is 4. The summed E-state index contributed by atoms with van der Waals surface area (Å²) in [6, 6.07) is 0. The summed E-state index contributed by atoms with van der Waals surface area (Å²) in [5.74, 6) is 0.0686. The first kappa shape index (κ1) is 14.7. The predicted molar refractivity (Wildman–Crippen MR) is 77.4 cm³/mol. The van der Waals surface area contributed by atoms with Crippen LogP contribution in [-0.4, -0.2) is 40.1 Å². The highest BCUT2D eigenvalue weighted by molar-refractivity contribution is 7.91. The molecule has 0 bridgehead atoms. The van der Waals surface area contributed by atoms with E-state index >= 15 is 0 Å². The molecule has 0 atom stereocenters. The fraction of sp³-hybridized carbons (Fsp3) is 0.500. The van der Waals surface area contributed by atoms with Crippen molar-refractivity contribution in [1.29, 1.82) is 0 Å². The lowest BCUT2D eigenvalue weighted by atomic mass is 10.4. The van der Waals surface area contributed by atoms with Crippen molar-refractivity contribution >= 4 is 32.2 Å². The van der Waals surface area contributed by atoms with Gasteiger partial charge in [0.15, 0.2) is 15.7 Å². The molecule has 8 nitrogen and oxygen atoms in total. The second-order valence-electron chi connectivity index (χ2n) is 4.08. The van der Waals surface area contributed by atoms with E-state index in [4.69, 9.17) is 5.73 Å². The van der Waals surface area contributed by atoms with E-state index in [0.29, 0.717) is 18.1 Å². The van der Waals surface area contributed by atoms with Gasteiger partial charge in [-0.3, -0.25) is 4.68 Å². The normalized spacial score (nSPS) is 11.7. The maximum Gasteiger partial charge on any atom is 0.184 e. The van der Waals surface area contributed by atoms with Crippen molar-refractivity contribution in [2.45, 2.75) is 24.8 Å². The Morgan fingerprint density at radius 3 is 2.95 bits per heavy atom. The molecular formula is C10H16N6O2S2. The van der Waals surface area contributed by atoms with Gasteiger partial charge in [0, 0.05) is 19.3 Å². The molecule has 2 rings (SSSR count). The quantitative estimate of drug-likeness (QED) is 0.719. The molecule has 0 saturated heterocycles. The Hall–Kier alpha value is -1.68. The summed E-state index contributed by atoms with van der Waals surface area (Å²) in [5, 5.41) is 11.1. The molecule has 0 amide bonds. The molecule has 0 aliphatic heterocycles. The Bertz CT molecular complexity index is 649. The second-order valence-corrected chi connectivity index (χ2v) is 7.06. The molecule has 0 spiro atoms. The number of nitrogen functional groups attached to an aromatic ring is 1. The highest BCUT2D eigenvalue weighted by atomic mass is 32.2. The number of sulfone groups is 1. The van der Waals surface area contributed by atoms with Crippen LogP contribution in [0.4, 0.5) is 10.8 Å². The molecule has 2 aromatic heterocycles. The number of nitrogens with one attached hydrogen (secondary N) is 1. The molecule has 110 valence electrons. The minimum absolute atomic E-state index is 0.00322. The van der Waals surface area contributed by atoms with Crippen LogP contribution in [0.25, 0.3) is 0 Å². The van der Waals surface area contributed by atoms with Gasteiger partial charge in [-0.15, -0.1) is 5.10 Å². The molecule has 20 heavy (non-hydrogen) atoms. The molecule has 3 N–H and O–H groups in total. The van der Waals surface area contributed by atoms with E-state index < -0.39 is 9.84 Å². The van der Waals surface area contributed by atoms with E-state index in [1.165, 1.54) is 0 Å². The summed E-state index contributed by atoms with van der Waals surface area (Å²) >= 11 is 1.07. The number of aromatic nitrogens is 4. The predicted octanol–water partition coefficient (Wildman–Crippen LogP) is 0.613. The minimum atomic E-state index is -3.36. The Morgan fingerprint density at radius 2 is 2.30 bits per heavy atom. The first-order valence-electron chi connectivity index (χ1n) is 6.10. The largest absolute Gasteiger partial charge is 0.382 e. The average Bonchev–Trinajstić information content (AvgIpc) is 3.04. The Labute approximate surface area is 121 Å². The van der Waals surface area contributed by atoms with Crippen LogP contribution >= 0.6 is 11.5 Å². The zero-order valence-corrected chi connectivity index (χ0v) is 12.6. The third-order valence-corrected chi connectivity index (χ3v) is 5.43. The summed E-state index contributed by atoms with van der Waals surface area (Å²) in [6.45, 7) is 2.89. The average molecular weight is 316 g/mol. The lowest BCUT2D eigenvalue weighted by molar-refractivity contribution is 0.569. The highest BCUT2D eigenvalue weighted by Gasteiger charge is 2.23. The zero-order valence-electron chi connectivity index (χ0n) is 11.0. The van der Waals surface area contributed by atoms with Crippen molar-refractivity contribution in [3.8, 4) is 0 Å². The Kier molecular flexibility index (Phi) is 4.55. The second kappa shape index (κ2) is 6.18. The van der Waals surface area contributed by atoms with Gasteiger partial charge >= 0.3 is 0 Å². The number of hydrogen-bond donors (Lipinski definition) is 2. The summed E-state index contributed by atoms with van der Waals surface area (Å²) in [5.41, 5.74) is 5.64. The van der Waals surface area contributed by atoms with E-state index in [1.54, 1.807) is 24.0 Å². The van der Waals surface area contributed by atoms with Gasteiger partial charge in [0.05, 0.1) is 11.9 Å². The third-order valence-electron chi connectivity index (χ3n) is 2.69. The molecule has 0 unspecified atom stereocenters. The standard InChI is InChI=1S/C10H16N6O2S2/c1-2-20(17,18)8-9(11)14-19-10(8)12-4-3-6-16-7-5-13-15-16/h5,7,12H,2-4,6H2,1H3,(H2,11,14). The van der Waals surface area contributed by atoms with E-state index in [0.717, 1.165) is 18.0 Å². The lowest BCUT2D eigenvalue weighted by Gasteiger charge is -2.07. The van der Waals surface area contributed by atoms with Gasteiger partial charge < -0.3 is 11.1 Å². The lowest BCUT2D eigenvalue weighted by Crippen LogP contribution is -2.11. The van der Waals surface area contributed by atoms with Gasteiger partial charge in [0.25, 0.3) is 0 Å². The molecule has 2 heterocycles. The summed E-state index contributed by atoms with van der Waals surface area (Å²) in [4.78, 5) is 0.116. The van der Waals surface area contributed by atoms with Gasteiger partial charge in [-0.2, -0.15) is 4.37 Å². The monoisotopic (exact) mass is 316 g/mol. The highest BCUT2D eigenvalue weighted by Crippen LogP contribution is 2.32. The number of aryl methyl sites for hydroxylation is 1. The number of anilines is 2. The van der Waals surface area contributed by atoms with Crippen LogP contribution in [-0.2, 0) is 16.4 Å². The Morgan fingerprint density at radius 1 is 1.50 bits per heavy atom. The fourth-order valence-electron chi connectivity index (χ4n) is 1.65. The molecule has 2 aromatic rings. The van der Waals surface area contributed by atoms with Gasteiger partial charge in [0.2, 0.25) is 0 Å². The van der Waals surface area contributed by atoms with E-state index in [2.05, 4.69) is 20.0 Å². The van der Waals surface area contributed by atoms with E-state index in [-0.39, 0.29) is 16.5 Å². The third kappa shape index (κ3) is 3.25. The van der Waals surface area contributed by atoms with Crippen molar-refractivity contribution in [1.82, 2.24) is 19.4 Å². The first-order valence-corrected chi connectivity index (χ1v) is 8.53. The summed E-state index contributed by atoms with van der Waals surface area (Å²) in [6.07, 6.45) is 4.17. The van der Waals surface area contributed by atoms with Gasteiger partial charge in [-0.05, 0) is 18.0 Å². The topological polar surface area (TPSA) is 116 Å². The van der Waals surface area contributed by atoms with Crippen LogP contribution in [0.15, 0.2) is 17.3 Å². The molecule has 0 saturated carbocycles. The van der Waals surface area contributed by atoms with Crippen LogP contribution in [0.5, 0.6) is 0 Å². The van der Waals surface area contributed by atoms with Gasteiger partial charge in [0.1, 0.15) is 9.90 Å². The Balaban J connectivity index is 1.97. The molecule has 10 heteroatoms. The molecule has 0 aliphatic carbocycles. The van der Waals surface area contributed by atoms with Crippen LogP contribution < -0.4 is 11.1 Å². The molecule has 0 aliphatic rings. The molecular weight excluding hydrogens is 300 g/mol. The van der Waals surface area contributed by atoms with Gasteiger partial charge in [-0.1, -0.05) is 12.1 Å². The van der Waals surface area contributed by atoms with Gasteiger partial charge in [-0.25, -0.2) is 8.42 Å². The van der Waals surface area contributed by atoms with Crippen molar-refractivity contribution in [3.63, 3.8) is 0 Å². The van der Waals surface area contributed by atoms with E-state index in [1.807, 2.05) is 0 Å². The molecule has 0 fully saturated rings. The van der Waals surface area contributed by atoms with Crippen LogP contribution in [0.2, 0.25) is 0 Å². The van der Waals surface area contributed by atoms with Crippen LogP contribution in [0, 0.1) is 0 Å². The van der Waals surface area contributed by atoms with Crippen molar-refractivity contribution in [3.05, 3.63) is 12.4 Å². The maximum atomic E-state index is 11.9. The first-order chi connectivity index (χ1) is 9.54. The number of hydrogen-bond acceptors (Lipinski definition) is 8.